The molecular weight excluding hydrogens is 448 g/mol. The number of amides is 1. The Morgan fingerprint density at radius 3 is 2.41 bits per heavy atom. The lowest BCUT2D eigenvalue weighted by Crippen LogP contribution is -2.37. The summed E-state index contributed by atoms with van der Waals surface area (Å²) in [4.78, 5) is 15.2. The van der Waals surface area contributed by atoms with Gasteiger partial charge in [0.2, 0.25) is 10.0 Å². The minimum Gasteiger partial charge on any atom is -0.337 e. The first-order valence-corrected chi connectivity index (χ1v) is 12.7. The third-order valence-electron chi connectivity index (χ3n) is 5.51. The fourth-order valence-corrected chi connectivity index (χ4v) is 4.85. The molecule has 4 rings (SSSR count). The second kappa shape index (κ2) is 9.44. The highest BCUT2D eigenvalue weighted by Gasteiger charge is 2.27. The number of rotatable bonds is 5. The molecule has 9 heteroatoms. The highest BCUT2D eigenvalue weighted by molar-refractivity contribution is 7.88. The molecule has 0 spiro atoms. The van der Waals surface area contributed by atoms with Crippen LogP contribution in [0.4, 0.5) is 0 Å². The third-order valence-corrected chi connectivity index (χ3v) is 7.06. The van der Waals surface area contributed by atoms with E-state index in [9.17, 15) is 13.2 Å². The Labute approximate surface area is 193 Å². The number of nitrogens with zero attached hydrogens (tertiary/aromatic N) is 4. The van der Waals surface area contributed by atoms with Crippen LogP contribution in [-0.4, -0.2) is 65.7 Å². The van der Waals surface area contributed by atoms with Crippen molar-refractivity contribution in [3.05, 3.63) is 76.9 Å². The van der Waals surface area contributed by atoms with Gasteiger partial charge in [-0.1, -0.05) is 54.1 Å². The number of benzene rings is 2. The Kier molecular flexibility index (Phi) is 6.64. The first-order valence-electron chi connectivity index (χ1n) is 10.4. The van der Waals surface area contributed by atoms with Gasteiger partial charge in [0.25, 0.3) is 5.91 Å². The summed E-state index contributed by atoms with van der Waals surface area (Å²) in [5.74, 6) is -0.149. The monoisotopic (exact) mass is 472 g/mol. The molecule has 0 unspecified atom stereocenters. The highest BCUT2D eigenvalue weighted by atomic mass is 35.5. The maximum absolute atomic E-state index is 13.5. The van der Waals surface area contributed by atoms with E-state index in [0.717, 1.165) is 11.1 Å². The number of sulfonamides is 1. The zero-order valence-corrected chi connectivity index (χ0v) is 19.4. The van der Waals surface area contributed by atoms with Crippen LogP contribution < -0.4 is 0 Å². The minimum atomic E-state index is -3.28. The van der Waals surface area contributed by atoms with Crippen LogP contribution in [-0.2, 0) is 16.6 Å². The molecule has 168 valence electrons. The van der Waals surface area contributed by atoms with Crippen LogP contribution in [0.25, 0.3) is 11.3 Å². The molecule has 2 heterocycles. The lowest BCUT2D eigenvalue weighted by atomic mass is 10.1. The molecule has 0 atom stereocenters. The van der Waals surface area contributed by atoms with E-state index >= 15 is 0 Å². The summed E-state index contributed by atoms with van der Waals surface area (Å²) in [6.45, 7) is 2.08. The van der Waals surface area contributed by atoms with Gasteiger partial charge in [-0.25, -0.2) is 12.7 Å². The average Bonchev–Trinajstić information content (AvgIpc) is 3.01. The topological polar surface area (TPSA) is 75.5 Å². The van der Waals surface area contributed by atoms with Crippen molar-refractivity contribution in [1.29, 1.82) is 0 Å². The number of hydrogen-bond acceptors (Lipinski definition) is 4. The van der Waals surface area contributed by atoms with Crippen molar-refractivity contribution in [2.45, 2.75) is 13.0 Å². The normalized spacial score (nSPS) is 15.5. The SMILES string of the molecule is CS(=O)(=O)N1CCCN(C(=O)c2cn(Cc3ccccc3)nc2-c2ccc(Cl)cc2)CC1. The summed E-state index contributed by atoms with van der Waals surface area (Å²) in [5.41, 5.74) is 2.97. The summed E-state index contributed by atoms with van der Waals surface area (Å²) >= 11 is 6.05. The number of aromatic nitrogens is 2. The van der Waals surface area contributed by atoms with E-state index in [1.165, 1.54) is 10.6 Å². The van der Waals surface area contributed by atoms with Gasteiger partial charge in [-0.3, -0.25) is 9.48 Å². The van der Waals surface area contributed by atoms with Gasteiger partial charge in [0.15, 0.2) is 0 Å². The molecule has 0 bridgehead atoms. The molecular formula is C23H25ClN4O3S. The second-order valence-electron chi connectivity index (χ2n) is 7.89. The van der Waals surface area contributed by atoms with Gasteiger partial charge in [0.1, 0.15) is 5.69 Å². The van der Waals surface area contributed by atoms with Crippen LogP contribution in [0.15, 0.2) is 60.8 Å². The van der Waals surface area contributed by atoms with Crippen molar-refractivity contribution in [1.82, 2.24) is 19.0 Å². The first-order chi connectivity index (χ1) is 15.3. The standard InChI is InChI=1S/C23H25ClN4O3S/c1-32(30,31)28-13-5-12-26(14-15-28)23(29)21-17-27(16-18-6-3-2-4-7-18)25-22(21)19-8-10-20(24)11-9-19/h2-4,6-11,17H,5,12-16H2,1H3. The Hall–Kier alpha value is -2.68. The Morgan fingerprint density at radius 2 is 1.72 bits per heavy atom. The fraction of sp³-hybridized carbons (Fsp3) is 0.304. The molecule has 1 amide bonds. The van der Waals surface area contributed by atoms with E-state index in [0.29, 0.717) is 55.4 Å². The van der Waals surface area contributed by atoms with Crippen molar-refractivity contribution >= 4 is 27.5 Å². The van der Waals surface area contributed by atoms with Gasteiger partial charge in [-0.2, -0.15) is 5.10 Å². The second-order valence-corrected chi connectivity index (χ2v) is 10.3. The Balaban J connectivity index is 1.65. The van der Waals surface area contributed by atoms with Crippen molar-refractivity contribution in [2.75, 3.05) is 32.4 Å². The predicted molar refractivity (Wildman–Crippen MR) is 125 cm³/mol. The van der Waals surface area contributed by atoms with Gasteiger partial charge in [0, 0.05) is 43.0 Å². The van der Waals surface area contributed by atoms with E-state index in [4.69, 9.17) is 16.7 Å². The largest absolute Gasteiger partial charge is 0.337 e. The molecule has 1 saturated heterocycles. The summed E-state index contributed by atoms with van der Waals surface area (Å²) in [6.07, 6.45) is 3.57. The van der Waals surface area contributed by atoms with Crippen LogP contribution in [0.1, 0.15) is 22.3 Å². The van der Waals surface area contributed by atoms with Crippen molar-refractivity contribution in [3.63, 3.8) is 0 Å². The molecule has 7 nitrogen and oxygen atoms in total. The predicted octanol–water partition coefficient (Wildman–Crippen LogP) is 3.36. The van der Waals surface area contributed by atoms with Crippen molar-refractivity contribution < 1.29 is 13.2 Å². The van der Waals surface area contributed by atoms with Gasteiger partial charge < -0.3 is 4.90 Å². The van der Waals surface area contributed by atoms with Crippen LogP contribution >= 0.6 is 11.6 Å². The quantitative estimate of drug-likeness (QED) is 0.570. The zero-order valence-electron chi connectivity index (χ0n) is 17.8. The van der Waals surface area contributed by atoms with Gasteiger partial charge >= 0.3 is 0 Å². The number of halogens is 1. The Morgan fingerprint density at radius 1 is 1.00 bits per heavy atom. The molecule has 0 aliphatic carbocycles. The minimum absolute atomic E-state index is 0.149. The Bertz CT molecular complexity index is 1190. The van der Waals surface area contributed by atoms with Crippen LogP contribution in [0.3, 0.4) is 0 Å². The van der Waals surface area contributed by atoms with Crippen molar-refractivity contribution in [3.8, 4) is 11.3 Å². The van der Waals surface area contributed by atoms with Crippen LogP contribution in [0.2, 0.25) is 5.02 Å². The van der Waals surface area contributed by atoms with E-state index in [-0.39, 0.29) is 5.91 Å². The summed E-state index contributed by atoms with van der Waals surface area (Å²) < 4.78 is 27.1. The summed E-state index contributed by atoms with van der Waals surface area (Å²) in [7, 11) is -3.28. The molecule has 32 heavy (non-hydrogen) atoms. The van der Waals surface area contributed by atoms with E-state index in [2.05, 4.69) is 0 Å². The molecule has 1 aliphatic rings. The van der Waals surface area contributed by atoms with Gasteiger partial charge in [0.05, 0.1) is 18.4 Å². The molecule has 3 aromatic rings. The van der Waals surface area contributed by atoms with E-state index in [1.807, 2.05) is 42.5 Å². The smallest absolute Gasteiger partial charge is 0.257 e. The first kappa shape index (κ1) is 22.5. The third kappa shape index (κ3) is 5.20. The maximum atomic E-state index is 13.5. The number of carbonyl (C=O) groups is 1. The molecule has 1 fully saturated rings. The highest BCUT2D eigenvalue weighted by Crippen LogP contribution is 2.26. The van der Waals surface area contributed by atoms with Crippen LogP contribution in [0, 0.1) is 0 Å². The number of carbonyl (C=O) groups excluding carboxylic acids is 1. The summed E-state index contributed by atoms with van der Waals surface area (Å²) in [5, 5.41) is 5.33. The number of hydrogen-bond donors (Lipinski definition) is 0. The fourth-order valence-electron chi connectivity index (χ4n) is 3.85. The summed E-state index contributed by atoms with van der Waals surface area (Å²) in [6, 6.07) is 17.2. The molecule has 1 aromatic heterocycles. The van der Waals surface area contributed by atoms with Crippen LogP contribution in [0.5, 0.6) is 0 Å². The maximum Gasteiger partial charge on any atom is 0.257 e. The molecule has 0 saturated carbocycles. The lowest BCUT2D eigenvalue weighted by molar-refractivity contribution is 0.0765. The van der Waals surface area contributed by atoms with Crippen molar-refractivity contribution in [2.24, 2.45) is 0 Å². The average molecular weight is 473 g/mol. The van der Waals surface area contributed by atoms with E-state index in [1.54, 1.807) is 27.9 Å². The molecule has 0 N–H and O–H groups in total. The lowest BCUT2D eigenvalue weighted by Gasteiger charge is -2.21. The van der Waals surface area contributed by atoms with Gasteiger partial charge in [-0.15, -0.1) is 0 Å². The van der Waals surface area contributed by atoms with Gasteiger partial charge in [-0.05, 0) is 24.1 Å². The molecule has 2 aromatic carbocycles. The zero-order chi connectivity index (χ0) is 22.7. The van der Waals surface area contributed by atoms with E-state index < -0.39 is 10.0 Å². The molecule has 1 aliphatic heterocycles. The molecule has 0 radical (unpaired) electrons.